The van der Waals surface area contributed by atoms with Gasteiger partial charge >= 0.3 is 0 Å². The number of allylic oxidation sites excluding steroid dienone is 1. The molecule has 2 nitrogen and oxygen atoms in total. The number of nitrogens with two attached hydrogens (primary N) is 1. The van der Waals surface area contributed by atoms with Crippen molar-refractivity contribution in [2.45, 2.75) is 27.2 Å². The molecule has 0 heterocycles. The maximum atomic E-state index is 7.55. The fourth-order valence-electron chi connectivity index (χ4n) is 0.769. The molecule has 58 valence electrons. The van der Waals surface area contributed by atoms with E-state index in [1.807, 2.05) is 20.8 Å². The topological polar surface area (TPSA) is 49.9 Å². The molecular weight excluding hydrogens is 124 g/mol. The van der Waals surface area contributed by atoms with E-state index in [9.17, 15) is 0 Å². The third-order valence-electron chi connectivity index (χ3n) is 1.51. The van der Waals surface area contributed by atoms with E-state index in [4.69, 9.17) is 11.1 Å². The first-order chi connectivity index (χ1) is 4.63. The highest BCUT2D eigenvalue weighted by Crippen LogP contribution is 2.07. The second kappa shape index (κ2) is 4.09. The van der Waals surface area contributed by atoms with Gasteiger partial charge in [0.1, 0.15) is 0 Å². The number of nitrogens with one attached hydrogen (secondary N) is 1. The molecule has 0 spiro atoms. The van der Waals surface area contributed by atoms with Gasteiger partial charge in [0, 0.05) is 5.71 Å². The molecule has 0 rings (SSSR count). The Balaban J connectivity index is 4.18. The highest BCUT2D eigenvalue weighted by Gasteiger charge is 2.05. The molecular formula is C8H16N2. The van der Waals surface area contributed by atoms with Gasteiger partial charge in [0.2, 0.25) is 0 Å². The van der Waals surface area contributed by atoms with Crippen molar-refractivity contribution >= 4 is 5.71 Å². The van der Waals surface area contributed by atoms with Gasteiger partial charge in [-0.3, -0.25) is 0 Å². The lowest BCUT2D eigenvalue weighted by Crippen LogP contribution is -2.10. The smallest absolute Gasteiger partial charge is 0.0385 e. The van der Waals surface area contributed by atoms with Crippen LogP contribution in [0.4, 0.5) is 0 Å². The van der Waals surface area contributed by atoms with Crippen LogP contribution in [0, 0.1) is 11.3 Å². The second-order valence-corrected chi connectivity index (χ2v) is 2.61. The summed E-state index contributed by atoms with van der Waals surface area (Å²) in [7, 11) is 0. The summed E-state index contributed by atoms with van der Waals surface area (Å²) in [6.07, 6.45) is 2.38. The fraction of sp³-hybridized carbons (Fsp3) is 0.625. The number of rotatable bonds is 3. The highest BCUT2D eigenvalue weighted by molar-refractivity contribution is 5.98. The van der Waals surface area contributed by atoms with Gasteiger partial charge in [-0.25, -0.2) is 0 Å². The Labute approximate surface area is 62.6 Å². The lowest BCUT2D eigenvalue weighted by molar-refractivity contribution is 0.865. The largest absolute Gasteiger partial charge is 0.404 e. The maximum Gasteiger partial charge on any atom is 0.0385 e. The first-order valence-corrected chi connectivity index (χ1v) is 3.63. The van der Waals surface area contributed by atoms with E-state index in [0.29, 0.717) is 5.71 Å². The van der Waals surface area contributed by atoms with Crippen molar-refractivity contribution in [3.63, 3.8) is 0 Å². The summed E-state index contributed by atoms with van der Waals surface area (Å²) >= 11 is 0. The van der Waals surface area contributed by atoms with Gasteiger partial charge in [0.05, 0.1) is 0 Å². The summed E-state index contributed by atoms with van der Waals surface area (Å²) in [5, 5.41) is 7.55. The van der Waals surface area contributed by atoms with Crippen LogP contribution >= 0.6 is 0 Å². The average Bonchev–Trinajstić information content (AvgIpc) is 1.90. The quantitative estimate of drug-likeness (QED) is 0.578. The van der Waals surface area contributed by atoms with Crippen molar-refractivity contribution in [2.75, 3.05) is 0 Å². The van der Waals surface area contributed by atoms with E-state index in [1.54, 1.807) is 0 Å². The molecule has 0 bridgehead atoms. The minimum Gasteiger partial charge on any atom is -0.404 e. The van der Waals surface area contributed by atoms with Gasteiger partial charge in [-0.05, 0) is 24.1 Å². The predicted octanol–water partition coefficient (Wildman–Crippen LogP) is 1.91. The maximum absolute atomic E-state index is 7.55. The summed E-state index contributed by atoms with van der Waals surface area (Å²) in [5.74, 6) is 0.287. The molecule has 0 saturated heterocycles. The Bertz CT molecular complexity index is 145. The number of hydrogen-bond donors (Lipinski definition) is 2. The molecule has 0 unspecified atom stereocenters. The predicted molar refractivity (Wildman–Crippen MR) is 45.1 cm³/mol. The van der Waals surface area contributed by atoms with E-state index >= 15 is 0 Å². The molecule has 0 aliphatic rings. The highest BCUT2D eigenvalue weighted by atomic mass is 14.5. The van der Waals surface area contributed by atoms with E-state index in [-0.39, 0.29) is 5.92 Å². The monoisotopic (exact) mass is 140 g/mol. The van der Waals surface area contributed by atoms with Gasteiger partial charge in [0.15, 0.2) is 0 Å². The van der Waals surface area contributed by atoms with Crippen molar-refractivity contribution in [1.82, 2.24) is 0 Å². The van der Waals surface area contributed by atoms with Crippen LogP contribution in [-0.2, 0) is 0 Å². The Morgan fingerprint density at radius 2 is 2.10 bits per heavy atom. The molecule has 0 aliphatic heterocycles. The third-order valence-corrected chi connectivity index (χ3v) is 1.51. The van der Waals surface area contributed by atoms with Crippen LogP contribution in [0.3, 0.4) is 0 Å². The zero-order valence-corrected chi connectivity index (χ0v) is 6.94. The Kier molecular flexibility index (Phi) is 3.77. The van der Waals surface area contributed by atoms with Gasteiger partial charge < -0.3 is 11.1 Å². The van der Waals surface area contributed by atoms with Gasteiger partial charge in [0.25, 0.3) is 0 Å². The minimum atomic E-state index is 0.287. The molecule has 0 aromatic rings. The van der Waals surface area contributed by atoms with Crippen LogP contribution in [0.2, 0.25) is 0 Å². The standard InChI is InChI=1S/C8H16N2/c1-4-7(5-9)8(10)6(2)3/h5-6,10H,4,9H2,1-3H3/b7-5-,10-8?. The molecule has 0 radical (unpaired) electrons. The Hall–Kier alpha value is -0.790. The van der Waals surface area contributed by atoms with Crippen molar-refractivity contribution in [2.24, 2.45) is 11.7 Å². The van der Waals surface area contributed by atoms with Crippen LogP contribution in [0.25, 0.3) is 0 Å². The Morgan fingerprint density at radius 3 is 2.20 bits per heavy atom. The fourth-order valence-corrected chi connectivity index (χ4v) is 0.769. The van der Waals surface area contributed by atoms with E-state index < -0.39 is 0 Å². The minimum absolute atomic E-state index is 0.287. The van der Waals surface area contributed by atoms with E-state index in [1.165, 1.54) is 6.20 Å². The molecule has 10 heavy (non-hydrogen) atoms. The molecule has 3 N–H and O–H groups in total. The molecule has 0 aliphatic carbocycles. The number of hydrogen-bond acceptors (Lipinski definition) is 2. The summed E-state index contributed by atoms with van der Waals surface area (Å²) in [6, 6.07) is 0. The molecule has 0 fully saturated rings. The molecule has 2 heteroatoms. The molecule has 0 aromatic carbocycles. The van der Waals surface area contributed by atoms with Crippen molar-refractivity contribution < 1.29 is 0 Å². The molecule has 0 amide bonds. The zero-order valence-electron chi connectivity index (χ0n) is 6.94. The summed E-state index contributed by atoms with van der Waals surface area (Å²) in [6.45, 7) is 6.01. The van der Waals surface area contributed by atoms with Crippen molar-refractivity contribution in [3.05, 3.63) is 11.8 Å². The van der Waals surface area contributed by atoms with Crippen molar-refractivity contribution in [1.29, 1.82) is 5.41 Å². The van der Waals surface area contributed by atoms with Gasteiger partial charge in [-0.1, -0.05) is 20.8 Å². The lowest BCUT2D eigenvalue weighted by atomic mass is 9.99. The van der Waals surface area contributed by atoms with Crippen molar-refractivity contribution in [3.8, 4) is 0 Å². The molecule has 0 atom stereocenters. The van der Waals surface area contributed by atoms with E-state index in [0.717, 1.165) is 12.0 Å². The van der Waals surface area contributed by atoms with Crippen LogP contribution in [0.15, 0.2) is 11.8 Å². The lowest BCUT2D eigenvalue weighted by Gasteiger charge is -2.08. The van der Waals surface area contributed by atoms with Gasteiger partial charge in [-0.2, -0.15) is 0 Å². The normalized spacial score (nSPS) is 12.2. The van der Waals surface area contributed by atoms with E-state index in [2.05, 4.69) is 0 Å². The average molecular weight is 140 g/mol. The summed E-state index contributed by atoms with van der Waals surface area (Å²) < 4.78 is 0. The van der Waals surface area contributed by atoms with Crippen LogP contribution in [0.1, 0.15) is 27.2 Å². The first kappa shape index (κ1) is 9.21. The van der Waals surface area contributed by atoms with Crippen LogP contribution in [0.5, 0.6) is 0 Å². The third kappa shape index (κ3) is 2.21. The molecule has 0 saturated carbocycles. The molecule has 0 aromatic heterocycles. The van der Waals surface area contributed by atoms with Gasteiger partial charge in [-0.15, -0.1) is 0 Å². The summed E-state index contributed by atoms with van der Waals surface area (Å²) in [4.78, 5) is 0. The Morgan fingerprint density at radius 1 is 1.60 bits per heavy atom. The zero-order chi connectivity index (χ0) is 8.15. The summed E-state index contributed by atoms with van der Waals surface area (Å²) in [5.41, 5.74) is 6.93. The second-order valence-electron chi connectivity index (χ2n) is 2.61. The van der Waals surface area contributed by atoms with Crippen LogP contribution < -0.4 is 5.73 Å². The SMILES string of the molecule is CC/C(=C/N)C(=N)C(C)C. The first-order valence-electron chi connectivity index (χ1n) is 3.63. The van der Waals surface area contributed by atoms with Crippen LogP contribution in [-0.4, -0.2) is 5.71 Å².